The van der Waals surface area contributed by atoms with Crippen molar-refractivity contribution in [3.8, 4) is 0 Å². The molecule has 0 rings (SSSR count). The third-order valence-corrected chi connectivity index (χ3v) is 1.04. The van der Waals surface area contributed by atoms with Crippen LogP contribution in [0.3, 0.4) is 0 Å². The molecule has 0 saturated heterocycles. The Bertz CT molecular complexity index is 105. The van der Waals surface area contributed by atoms with Gasteiger partial charge in [0.25, 0.3) is 0 Å². The number of nitrogens with two attached hydrogens (primary N) is 2. The van der Waals surface area contributed by atoms with E-state index in [9.17, 15) is 17.6 Å². The normalized spacial score (nSPS) is 15.9. The SMILES string of the molecule is NCC(N)C(F)(F)C(F)F. The van der Waals surface area contributed by atoms with Gasteiger partial charge in [0.15, 0.2) is 0 Å². The maximum atomic E-state index is 12.0. The van der Waals surface area contributed by atoms with Gasteiger partial charge >= 0.3 is 12.3 Å². The Kier molecular flexibility index (Phi) is 3.04. The first-order chi connectivity index (χ1) is 4.42. The first kappa shape index (κ1) is 9.64. The first-order valence-electron chi connectivity index (χ1n) is 2.54. The van der Waals surface area contributed by atoms with E-state index in [1.54, 1.807) is 0 Å². The number of alkyl halides is 4. The maximum absolute atomic E-state index is 12.0. The molecule has 6 heteroatoms. The molecule has 0 fully saturated rings. The molecule has 0 bridgehead atoms. The van der Waals surface area contributed by atoms with E-state index in [1.807, 2.05) is 0 Å². The third-order valence-electron chi connectivity index (χ3n) is 1.04. The minimum Gasteiger partial charge on any atom is -0.329 e. The van der Waals surface area contributed by atoms with Gasteiger partial charge in [0, 0.05) is 6.54 Å². The molecular formula is C4H8F4N2. The van der Waals surface area contributed by atoms with Gasteiger partial charge in [-0.2, -0.15) is 8.78 Å². The smallest absolute Gasteiger partial charge is 0.323 e. The maximum Gasteiger partial charge on any atom is 0.323 e. The van der Waals surface area contributed by atoms with Crippen LogP contribution in [0.25, 0.3) is 0 Å². The Hall–Kier alpha value is -0.360. The number of hydrogen-bond donors (Lipinski definition) is 2. The van der Waals surface area contributed by atoms with Crippen molar-refractivity contribution in [1.29, 1.82) is 0 Å². The average molecular weight is 160 g/mol. The van der Waals surface area contributed by atoms with Crippen LogP contribution in [0.5, 0.6) is 0 Å². The lowest BCUT2D eigenvalue weighted by atomic mass is 10.2. The molecule has 2 nitrogen and oxygen atoms in total. The van der Waals surface area contributed by atoms with E-state index in [2.05, 4.69) is 11.5 Å². The van der Waals surface area contributed by atoms with Crippen molar-refractivity contribution in [2.24, 2.45) is 11.5 Å². The lowest BCUT2D eigenvalue weighted by Gasteiger charge is -2.20. The fourth-order valence-corrected chi connectivity index (χ4v) is 0.319. The highest BCUT2D eigenvalue weighted by Gasteiger charge is 2.46. The summed E-state index contributed by atoms with van der Waals surface area (Å²) in [6, 6.07) is -1.97. The highest BCUT2D eigenvalue weighted by atomic mass is 19.3. The summed E-state index contributed by atoms with van der Waals surface area (Å²) in [4.78, 5) is 0. The van der Waals surface area contributed by atoms with E-state index in [1.165, 1.54) is 0 Å². The Morgan fingerprint density at radius 1 is 1.30 bits per heavy atom. The van der Waals surface area contributed by atoms with Crippen molar-refractivity contribution in [2.75, 3.05) is 6.54 Å². The van der Waals surface area contributed by atoms with Gasteiger partial charge in [0.05, 0.1) is 6.04 Å². The van der Waals surface area contributed by atoms with Crippen molar-refractivity contribution in [1.82, 2.24) is 0 Å². The molecule has 0 aliphatic carbocycles. The summed E-state index contributed by atoms with van der Waals surface area (Å²) in [5.41, 5.74) is 9.25. The molecule has 10 heavy (non-hydrogen) atoms. The Labute approximate surface area is 55.2 Å². The number of rotatable bonds is 3. The average Bonchev–Trinajstić information content (AvgIpc) is 1.86. The quantitative estimate of drug-likeness (QED) is 0.578. The molecule has 4 N–H and O–H groups in total. The summed E-state index contributed by atoms with van der Waals surface area (Å²) < 4.78 is 46.7. The van der Waals surface area contributed by atoms with Gasteiger partial charge in [-0.05, 0) is 0 Å². The van der Waals surface area contributed by atoms with Crippen LogP contribution in [0, 0.1) is 0 Å². The summed E-state index contributed by atoms with van der Waals surface area (Å²) in [6.45, 7) is -0.655. The van der Waals surface area contributed by atoms with Crippen LogP contribution in [0.1, 0.15) is 0 Å². The summed E-state index contributed by atoms with van der Waals surface area (Å²) in [5.74, 6) is -4.17. The predicted octanol–water partition coefficient (Wildman–Crippen LogP) is 0.173. The highest BCUT2D eigenvalue weighted by molar-refractivity contribution is 4.82. The first-order valence-corrected chi connectivity index (χ1v) is 2.54. The van der Waals surface area contributed by atoms with E-state index in [0.29, 0.717) is 0 Å². The molecule has 0 radical (unpaired) electrons. The molecule has 1 atom stereocenters. The van der Waals surface area contributed by atoms with Crippen LogP contribution in [-0.2, 0) is 0 Å². The molecule has 0 aliphatic rings. The van der Waals surface area contributed by atoms with Crippen LogP contribution in [0.15, 0.2) is 0 Å². The van der Waals surface area contributed by atoms with Gasteiger partial charge in [0.1, 0.15) is 0 Å². The molecule has 0 aromatic heterocycles. The van der Waals surface area contributed by atoms with Gasteiger partial charge in [0.2, 0.25) is 0 Å². The van der Waals surface area contributed by atoms with Crippen LogP contribution in [0.2, 0.25) is 0 Å². The van der Waals surface area contributed by atoms with Crippen molar-refractivity contribution >= 4 is 0 Å². The van der Waals surface area contributed by atoms with Crippen molar-refractivity contribution in [3.05, 3.63) is 0 Å². The predicted molar refractivity (Wildman–Crippen MR) is 28.0 cm³/mol. The molecule has 0 aromatic carbocycles. The molecule has 0 amide bonds. The topological polar surface area (TPSA) is 52.0 Å². The molecule has 1 unspecified atom stereocenters. The Morgan fingerprint density at radius 2 is 1.70 bits per heavy atom. The molecule has 0 spiro atoms. The molecule has 0 saturated carbocycles. The lowest BCUT2D eigenvalue weighted by Crippen LogP contribution is -2.50. The second-order valence-corrected chi connectivity index (χ2v) is 1.82. The largest absolute Gasteiger partial charge is 0.329 e. The zero-order chi connectivity index (χ0) is 8.36. The van der Waals surface area contributed by atoms with Crippen LogP contribution in [-0.4, -0.2) is 24.9 Å². The zero-order valence-electron chi connectivity index (χ0n) is 5.03. The van der Waals surface area contributed by atoms with E-state index in [4.69, 9.17) is 0 Å². The lowest BCUT2D eigenvalue weighted by molar-refractivity contribution is -0.141. The second-order valence-electron chi connectivity index (χ2n) is 1.82. The second kappa shape index (κ2) is 3.16. The number of halogens is 4. The van der Waals surface area contributed by atoms with Gasteiger partial charge in [-0.15, -0.1) is 0 Å². The Morgan fingerprint density at radius 3 is 1.80 bits per heavy atom. The van der Waals surface area contributed by atoms with Gasteiger partial charge in [-0.3, -0.25) is 0 Å². The van der Waals surface area contributed by atoms with Crippen molar-refractivity contribution in [3.63, 3.8) is 0 Å². The summed E-state index contributed by atoms with van der Waals surface area (Å²) in [5, 5.41) is 0. The standard InChI is InChI=1S/C4H8F4N2/c5-3(6)4(7,8)2(10)1-9/h2-3H,1,9-10H2. The molecule has 62 valence electrons. The molecular weight excluding hydrogens is 152 g/mol. The zero-order valence-corrected chi connectivity index (χ0v) is 5.03. The minimum absolute atomic E-state index is 0.655. The van der Waals surface area contributed by atoms with Crippen LogP contribution < -0.4 is 11.5 Å². The van der Waals surface area contributed by atoms with Gasteiger partial charge in [-0.25, -0.2) is 8.78 Å². The molecule has 0 heterocycles. The van der Waals surface area contributed by atoms with E-state index < -0.39 is 24.9 Å². The molecule has 0 aliphatic heterocycles. The van der Waals surface area contributed by atoms with Crippen LogP contribution in [0.4, 0.5) is 17.6 Å². The summed E-state index contributed by atoms with van der Waals surface area (Å²) >= 11 is 0. The van der Waals surface area contributed by atoms with E-state index in [0.717, 1.165) is 0 Å². The van der Waals surface area contributed by atoms with E-state index >= 15 is 0 Å². The summed E-state index contributed by atoms with van der Waals surface area (Å²) in [7, 11) is 0. The molecule has 0 aromatic rings. The van der Waals surface area contributed by atoms with Crippen LogP contribution >= 0.6 is 0 Å². The van der Waals surface area contributed by atoms with E-state index in [-0.39, 0.29) is 0 Å². The minimum atomic E-state index is -4.17. The van der Waals surface area contributed by atoms with Crippen molar-refractivity contribution in [2.45, 2.75) is 18.4 Å². The number of hydrogen-bond acceptors (Lipinski definition) is 2. The van der Waals surface area contributed by atoms with Crippen molar-refractivity contribution < 1.29 is 17.6 Å². The fraction of sp³-hybridized carbons (Fsp3) is 1.00. The summed E-state index contributed by atoms with van der Waals surface area (Å²) in [6.07, 6.45) is -3.74. The Balaban J connectivity index is 4.09. The third kappa shape index (κ3) is 1.81. The fourth-order valence-electron chi connectivity index (χ4n) is 0.319. The van der Waals surface area contributed by atoms with Gasteiger partial charge < -0.3 is 11.5 Å². The monoisotopic (exact) mass is 160 g/mol. The highest BCUT2D eigenvalue weighted by Crippen LogP contribution is 2.24. The van der Waals surface area contributed by atoms with Gasteiger partial charge in [-0.1, -0.05) is 0 Å².